The third-order valence-electron chi connectivity index (χ3n) is 2.90. The van der Waals surface area contributed by atoms with Gasteiger partial charge in [-0.05, 0) is 52.1 Å². The van der Waals surface area contributed by atoms with Crippen molar-refractivity contribution in [2.24, 2.45) is 10.9 Å². The molecule has 0 radical (unpaired) electrons. The average Bonchev–Trinajstić information content (AvgIpc) is 2.30. The van der Waals surface area contributed by atoms with Crippen molar-refractivity contribution in [3.05, 3.63) is 0 Å². The molecule has 0 saturated carbocycles. The summed E-state index contributed by atoms with van der Waals surface area (Å²) in [5.41, 5.74) is 0. The first-order valence-electron chi connectivity index (χ1n) is 5.40. The van der Waals surface area contributed by atoms with E-state index >= 15 is 0 Å². The van der Waals surface area contributed by atoms with Gasteiger partial charge in [-0.3, -0.25) is 0 Å². The van der Waals surface area contributed by atoms with Gasteiger partial charge in [0.15, 0.2) is 0 Å². The lowest BCUT2D eigenvalue weighted by Crippen LogP contribution is -2.31. The number of nitrogens with zero attached hydrogens (tertiary/aromatic N) is 2. The Morgan fingerprint density at radius 2 is 2.08 bits per heavy atom. The van der Waals surface area contributed by atoms with Crippen LogP contribution in [0.2, 0.25) is 0 Å². The van der Waals surface area contributed by atoms with E-state index in [2.05, 4.69) is 30.0 Å². The normalized spacial score (nSPS) is 26.9. The Hall–Kier alpha value is -0.370. The number of aliphatic imine (C=N–C) groups is 1. The highest BCUT2D eigenvalue weighted by Gasteiger charge is 2.16. The molecular weight excluding hydrogens is 160 g/mol. The van der Waals surface area contributed by atoms with Crippen LogP contribution in [0.5, 0.6) is 0 Å². The Bertz CT molecular complexity index is 163. The summed E-state index contributed by atoms with van der Waals surface area (Å²) in [7, 11) is 1.88. The summed E-state index contributed by atoms with van der Waals surface area (Å²) in [6.45, 7) is 7.09. The van der Waals surface area contributed by atoms with Crippen LogP contribution in [0.25, 0.3) is 0 Å². The lowest BCUT2D eigenvalue weighted by Gasteiger charge is -2.24. The Labute approximate surface area is 82.0 Å². The molecular formula is C11H22N2. The number of rotatable bonds is 2. The zero-order valence-corrected chi connectivity index (χ0v) is 9.16. The van der Waals surface area contributed by atoms with Gasteiger partial charge in [0.05, 0.1) is 0 Å². The summed E-state index contributed by atoms with van der Waals surface area (Å²) in [5, 5.41) is 0. The lowest BCUT2D eigenvalue weighted by molar-refractivity contribution is 0.230. The standard InChI is InChI=1S/C11H22N2/c1-10(2)13-7-4-5-11(6-8-13)9-12-3/h9-11H,4-8H2,1-3H3/b12-9+. The first-order chi connectivity index (χ1) is 6.24. The van der Waals surface area contributed by atoms with Crippen LogP contribution in [0, 0.1) is 5.92 Å². The van der Waals surface area contributed by atoms with Crippen molar-refractivity contribution in [1.29, 1.82) is 0 Å². The van der Waals surface area contributed by atoms with Crippen LogP contribution in [0.4, 0.5) is 0 Å². The molecule has 1 unspecified atom stereocenters. The van der Waals surface area contributed by atoms with Crippen molar-refractivity contribution in [1.82, 2.24) is 4.90 Å². The first-order valence-corrected chi connectivity index (χ1v) is 5.40. The quantitative estimate of drug-likeness (QED) is 0.598. The molecule has 1 heterocycles. The average molecular weight is 182 g/mol. The lowest BCUT2D eigenvalue weighted by atomic mass is 10.0. The Kier molecular flexibility index (Phi) is 4.43. The molecule has 1 rings (SSSR count). The van der Waals surface area contributed by atoms with Gasteiger partial charge in [0.2, 0.25) is 0 Å². The first kappa shape index (κ1) is 10.7. The molecule has 0 bridgehead atoms. The Morgan fingerprint density at radius 3 is 2.69 bits per heavy atom. The fraction of sp³-hybridized carbons (Fsp3) is 0.909. The monoisotopic (exact) mass is 182 g/mol. The highest BCUT2D eigenvalue weighted by Crippen LogP contribution is 2.17. The van der Waals surface area contributed by atoms with E-state index in [0.717, 1.165) is 5.92 Å². The highest BCUT2D eigenvalue weighted by atomic mass is 15.1. The Balaban J connectivity index is 2.39. The molecule has 1 fully saturated rings. The molecule has 0 spiro atoms. The van der Waals surface area contributed by atoms with Crippen molar-refractivity contribution in [3.8, 4) is 0 Å². The molecule has 0 aromatic rings. The van der Waals surface area contributed by atoms with Crippen LogP contribution in [0.15, 0.2) is 4.99 Å². The fourth-order valence-corrected chi connectivity index (χ4v) is 2.02. The van der Waals surface area contributed by atoms with Crippen LogP contribution in [0.1, 0.15) is 33.1 Å². The summed E-state index contributed by atoms with van der Waals surface area (Å²) >= 11 is 0. The number of hydrogen-bond donors (Lipinski definition) is 0. The third-order valence-corrected chi connectivity index (χ3v) is 2.90. The summed E-state index contributed by atoms with van der Waals surface area (Å²) < 4.78 is 0. The molecule has 2 nitrogen and oxygen atoms in total. The molecule has 13 heavy (non-hydrogen) atoms. The van der Waals surface area contributed by atoms with E-state index in [4.69, 9.17) is 0 Å². The minimum absolute atomic E-state index is 0.706. The summed E-state index contributed by atoms with van der Waals surface area (Å²) in [6.07, 6.45) is 6.06. The molecule has 0 amide bonds. The predicted molar refractivity (Wildman–Crippen MR) is 58.5 cm³/mol. The van der Waals surface area contributed by atoms with Crippen molar-refractivity contribution in [3.63, 3.8) is 0 Å². The van der Waals surface area contributed by atoms with Gasteiger partial charge in [-0.25, -0.2) is 0 Å². The van der Waals surface area contributed by atoms with Crippen molar-refractivity contribution >= 4 is 6.21 Å². The molecule has 76 valence electrons. The second kappa shape index (κ2) is 5.38. The second-order valence-corrected chi connectivity index (χ2v) is 4.23. The molecule has 0 aromatic heterocycles. The van der Waals surface area contributed by atoms with Crippen molar-refractivity contribution in [2.75, 3.05) is 20.1 Å². The van der Waals surface area contributed by atoms with Crippen LogP contribution in [-0.4, -0.2) is 37.3 Å². The van der Waals surface area contributed by atoms with Gasteiger partial charge in [-0.1, -0.05) is 0 Å². The van der Waals surface area contributed by atoms with E-state index in [-0.39, 0.29) is 0 Å². The minimum Gasteiger partial charge on any atom is -0.301 e. The second-order valence-electron chi connectivity index (χ2n) is 4.23. The van der Waals surface area contributed by atoms with E-state index in [9.17, 15) is 0 Å². The minimum atomic E-state index is 0.706. The van der Waals surface area contributed by atoms with E-state index < -0.39 is 0 Å². The predicted octanol–water partition coefficient (Wildman–Crippen LogP) is 2.20. The molecule has 0 aliphatic carbocycles. The fourth-order valence-electron chi connectivity index (χ4n) is 2.02. The van der Waals surface area contributed by atoms with Gasteiger partial charge < -0.3 is 9.89 Å². The summed E-state index contributed by atoms with van der Waals surface area (Å²) in [5.74, 6) is 0.730. The molecule has 2 heteroatoms. The van der Waals surface area contributed by atoms with Crippen LogP contribution in [-0.2, 0) is 0 Å². The maximum absolute atomic E-state index is 4.13. The van der Waals surface area contributed by atoms with Gasteiger partial charge in [0.25, 0.3) is 0 Å². The highest BCUT2D eigenvalue weighted by molar-refractivity contribution is 5.60. The number of hydrogen-bond acceptors (Lipinski definition) is 2. The summed E-state index contributed by atoms with van der Waals surface area (Å²) in [6, 6.07) is 0.706. The largest absolute Gasteiger partial charge is 0.301 e. The van der Waals surface area contributed by atoms with E-state index in [0.29, 0.717) is 6.04 Å². The zero-order chi connectivity index (χ0) is 9.68. The SMILES string of the molecule is C/N=C/C1CCCN(C(C)C)CC1. The third kappa shape index (κ3) is 3.47. The molecule has 1 atom stereocenters. The van der Waals surface area contributed by atoms with E-state index in [1.165, 1.54) is 32.4 Å². The van der Waals surface area contributed by atoms with Crippen LogP contribution < -0.4 is 0 Å². The van der Waals surface area contributed by atoms with Crippen LogP contribution >= 0.6 is 0 Å². The topological polar surface area (TPSA) is 15.6 Å². The van der Waals surface area contributed by atoms with E-state index in [1.807, 2.05) is 7.05 Å². The number of likely N-dealkylation sites (tertiary alicyclic amines) is 1. The van der Waals surface area contributed by atoms with Gasteiger partial charge >= 0.3 is 0 Å². The molecule has 1 aliphatic rings. The van der Waals surface area contributed by atoms with Crippen LogP contribution in [0.3, 0.4) is 0 Å². The van der Waals surface area contributed by atoms with Crippen molar-refractivity contribution in [2.45, 2.75) is 39.2 Å². The van der Waals surface area contributed by atoms with E-state index in [1.54, 1.807) is 0 Å². The molecule has 0 N–H and O–H groups in total. The van der Waals surface area contributed by atoms with Gasteiger partial charge in [-0.2, -0.15) is 0 Å². The van der Waals surface area contributed by atoms with Gasteiger partial charge in [0, 0.05) is 19.3 Å². The van der Waals surface area contributed by atoms with Crippen molar-refractivity contribution < 1.29 is 0 Å². The maximum Gasteiger partial charge on any atom is 0.0273 e. The summed E-state index contributed by atoms with van der Waals surface area (Å²) in [4.78, 5) is 6.70. The Morgan fingerprint density at radius 1 is 1.31 bits per heavy atom. The zero-order valence-electron chi connectivity index (χ0n) is 9.16. The molecule has 0 aromatic carbocycles. The van der Waals surface area contributed by atoms with Gasteiger partial charge in [-0.15, -0.1) is 0 Å². The smallest absolute Gasteiger partial charge is 0.0273 e. The molecule has 1 saturated heterocycles. The van der Waals surface area contributed by atoms with Gasteiger partial charge in [0.1, 0.15) is 0 Å². The maximum atomic E-state index is 4.13. The molecule has 1 aliphatic heterocycles.